The maximum Gasteiger partial charge on any atom is 0.319 e. The van der Waals surface area contributed by atoms with E-state index in [0.717, 1.165) is 12.8 Å². The van der Waals surface area contributed by atoms with Crippen LogP contribution in [0.1, 0.15) is 30.5 Å². The quantitative estimate of drug-likeness (QED) is 0.871. The van der Waals surface area contributed by atoms with Gasteiger partial charge in [0, 0.05) is 12.1 Å². The summed E-state index contributed by atoms with van der Waals surface area (Å²) >= 11 is 0. The molecule has 1 fully saturated rings. The van der Waals surface area contributed by atoms with E-state index in [9.17, 15) is 4.79 Å². The Hall–Kier alpha value is -2.44. The van der Waals surface area contributed by atoms with E-state index in [1.54, 1.807) is 24.5 Å². The lowest BCUT2D eigenvalue weighted by Crippen LogP contribution is -2.28. The smallest absolute Gasteiger partial charge is 0.319 e. The van der Waals surface area contributed by atoms with Crippen LogP contribution >= 0.6 is 0 Å². The molecule has 19 heavy (non-hydrogen) atoms. The summed E-state index contributed by atoms with van der Waals surface area (Å²) in [6.07, 6.45) is 5.42. The van der Waals surface area contributed by atoms with E-state index in [2.05, 4.69) is 25.8 Å². The lowest BCUT2D eigenvalue weighted by atomic mass is 10.4. The van der Waals surface area contributed by atoms with E-state index >= 15 is 0 Å². The highest BCUT2D eigenvalue weighted by atomic mass is 16.4. The standard InChI is InChI=1S/C12H13N5O2/c18-12(15-9-2-1-5-13-6-9)14-7-10-16-17-11(19-10)8-3-4-8/h1-2,5-6,8H,3-4,7H2,(H2,14,15,18). The minimum Gasteiger partial charge on any atom is -0.423 e. The Morgan fingerprint density at radius 3 is 3.05 bits per heavy atom. The Kier molecular flexibility index (Phi) is 3.09. The topological polar surface area (TPSA) is 92.9 Å². The first-order chi connectivity index (χ1) is 9.31. The molecule has 0 saturated heterocycles. The van der Waals surface area contributed by atoms with Gasteiger partial charge in [0.15, 0.2) is 0 Å². The van der Waals surface area contributed by atoms with Gasteiger partial charge in [-0.15, -0.1) is 10.2 Å². The van der Waals surface area contributed by atoms with E-state index in [4.69, 9.17) is 4.42 Å². The molecule has 0 bridgehead atoms. The highest BCUT2D eigenvalue weighted by molar-refractivity contribution is 5.88. The first-order valence-electron chi connectivity index (χ1n) is 6.08. The molecular formula is C12H13N5O2. The lowest BCUT2D eigenvalue weighted by molar-refractivity contribution is 0.250. The molecule has 1 aliphatic rings. The van der Waals surface area contributed by atoms with Crippen molar-refractivity contribution in [3.63, 3.8) is 0 Å². The first-order valence-corrected chi connectivity index (χ1v) is 6.08. The van der Waals surface area contributed by atoms with Gasteiger partial charge in [-0.05, 0) is 25.0 Å². The summed E-state index contributed by atoms with van der Waals surface area (Å²) in [4.78, 5) is 15.5. The molecule has 2 N–H and O–H groups in total. The summed E-state index contributed by atoms with van der Waals surface area (Å²) in [5.41, 5.74) is 0.629. The highest BCUT2D eigenvalue weighted by Gasteiger charge is 2.29. The predicted molar refractivity (Wildman–Crippen MR) is 66.4 cm³/mol. The van der Waals surface area contributed by atoms with Crippen molar-refractivity contribution in [2.24, 2.45) is 0 Å². The molecule has 7 nitrogen and oxygen atoms in total. The molecule has 2 aromatic heterocycles. The highest BCUT2D eigenvalue weighted by Crippen LogP contribution is 2.38. The zero-order chi connectivity index (χ0) is 13.1. The van der Waals surface area contributed by atoms with E-state index in [-0.39, 0.29) is 12.6 Å². The summed E-state index contributed by atoms with van der Waals surface area (Å²) in [7, 11) is 0. The van der Waals surface area contributed by atoms with Gasteiger partial charge in [0.25, 0.3) is 0 Å². The fraction of sp³-hybridized carbons (Fsp3) is 0.333. The number of hydrogen-bond acceptors (Lipinski definition) is 5. The van der Waals surface area contributed by atoms with Crippen molar-refractivity contribution in [1.29, 1.82) is 0 Å². The number of urea groups is 1. The van der Waals surface area contributed by atoms with Gasteiger partial charge in [-0.25, -0.2) is 4.79 Å². The number of aromatic nitrogens is 3. The molecule has 2 amide bonds. The second kappa shape index (κ2) is 5.05. The number of nitrogens with one attached hydrogen (secondary N) is 2. The predicted octanol–water partition coefficient (Wildman–Crippen LogP) is 1.66. The van der Waals surface area contributed by atoms with Crippen LogP contribution in [0.5, 0.6) is 0 Å². The normalized spacial score (nSPS) is 14.1. The van der Waals surface area contributed by atoms with Gasteiger partial charge in [0.05, 0.1) is 18.4 Å². The van der Waals surface area contributed by atoms with E-state index in [1.807, 2.05) is 0 Å². The molecule has 3 rings (SSSR count). The van der Waals surface area contributed by atoms with Gasteiger partial charge in [-0.1, -0.05) is 0 Å². The average Bonchev–Trinajstić information content (AvgIpc) is 3.17. The number of hydrogen-bond donors (Lipinski definition) is 2. The molecule has 0 unspecified atom stereocenters. The van der Waals surface area contributed by atoms with Crippen molar-refractivity contribution in [3.8, 4) is 0 Å². The van der Waals surface area contributed by atoms with Crippen molar-refractivity contribution in [2.75, 3.05) is 5.32 Å². The van der Waals surface area contributed by atoms with Gasteiger partial charge in [0.1, 0.15) is 0 Å². The van der Waals surface area contributed by atoms with Crippen LogP contribution in [0.3, 0.4) is 0 Å². The van der Waals surface area contributed by atoms with E-state index in [0.29, 0.717) is 23.4 Å². The maximum absolute atomic E-state index is 11.6. The summed E-state index contributed by atoms with van der Waals surface area (Å²) in [6.45, 7) is 0.214. The molecule has 1 saturated carbocycles. The zero-order valence-electron chi connectivity index (χ0n) is 10.2. The van der Waals surface area contributed by atoms with Crippen LogP contribution in [0, 0.1) is 0 Å². The molecule has 2 aromatic rings. The van der Waals surface area contributed by atoms with Gasteiger partial charge >= 0.3 is 6.03 Å². The van der Waals surface area contributed by atoms with Crippen LogP contribution in [-0.4, -0.2) is 21.2 Å². The molecule has 0 atom stereocenters. The number of carbonyl (C=O) groups excluding carboxylic acids is 1. The van der Waals surface area contributed by atoms with Crippen LogP contribution in [0.15, 0.2) is 28.9 Å². The van der Waals surface area contributed by atoms with Gasteiger partial charge in [-0.2, -0.15) is 0 Å². The summed E-state index contributed by atoms with van der Waals surface area (Å²) in [6, 6.07) is 3.17. The lowest BCUT2D eigenvalue weighted by Gasteiger charge is -2.04. The molecule has 2 heterocycles. The number of pyridine rings is 1. The van der Waals surface area contributed by atoms with E-state index < -0.39 is 0 Å². The van der Waals surface area contributed by atoms with Crippen LogP contribution in [-0.2, 0) is 6.54 Å². The summed E-state index contributed by atoms with van der Waals surface area (Å²) in [5.74, 6) is 1.51. The first kappa shape index (κ1) is 11.6. The van der Waals surface area contributed by atoms with Gasteiger partial charge in [-0.3, -0.25) is 4.98 Å². The molecule has 1 aliphatic carbocycles. The van der Waals surface area contributed by atoms with Crippen LogP contribution in [0.25, 0.3) is 0 Å². The number of anilines is 1. The Morgan fingerprint density at radius 2 is 2.32 bits per heavy atom. The van der Waals surface area contributed by atoms with Crippen molar-refractivity contribution in [2.45, 2.75) is 25.3 Å². The second-order valence-electron chi connectivity index (χ2n) is 4.36. The fourth-order valence-corrected chi connectivity index (χ4v) is 1.60. The molecule has 0 radical (unpaired) electrons. The Labute approximate surface area is 109 Å². The van der Waals surface area contributed by atoms with Crippen LogP contribution in [0.2, 0.25) is 0 Å². The van der Waals surface area contributed by atoms with Crippen molar-refractivity contribution >= 4 is 11.7 Å². The number of nitrogens with zero attached hydrogens (tertiary/aromatic N) is 3. The second-order valence-corrected chi connectivity index (χ2v) is 4.36. The Balaban J connectivity index is 1.49. The number of amides is 2. The molecule has 7 heteroatoms. The molecule has 0 aromatic carbocycles. The summed E-state index contributed by atoms with van der Waals surface area (Å²) in [5, 5.41) is 13.1. The van der Waals surface area contributed by atoms with E-state index in [1.165, 1.54) is 0 Å². The molecule has 0 spiro atoms. The van der Waals surface area contributed by atoms with Gasteiger partial charge < -0.3 is 15.1 Å². The van der Waals surface area contributed by atoms with Crippen LogP contribution in [0.4, 0.5) is 10.5 Å². The van der Waals surface area contributed by atoms with Gasteiger partial charge in [0.2, 0.25) is 11.8 Å². The Morgan fingerprint density at radius 1 is 1.42 bits per heavy atom. The largest absolute Gasteiger partial charge is 0.423 e. The van der Waals surface area contributed by atoms with Crippen molar-refractivity contribution in [3.05, 3.63) is 36.3 Å². The third kappa shape index (κ3) is 3.06. The third-order valence-electron chi connectivity index (χ3n) is 2.73. The number of rotatable bonds is 4. The Bertz CT molecular complexity index is 565. The minimum atomic E-state index is -0.334. The monoisotopic (exact) mass is 259 g/mol. The average molecular weight is 259 g/mol. The molecule has 98 valence electrons. The third-order valence-corrected chi connectivity index (χ3v) is 2.73. The summed E-state index contributed by atoms with van der Waals surface area (Å²) < 4.78 is 5.43. The minimum absolute atomic E-state index is 0.214. The molecular weight excluding hydrogens is 246 g/mol. The molecule has 0 aliphatic heterocycles. The van der Waals surface area contributed by atoms with Crippen molar-refractivity contribution in [1.82, 2.24) is 20.5 Å². The van der Waals surface area contributed by atoms with Crippen molar-refractivity contribution < 1.29 is 9.21 Å². The maximum atomic E-state index is 11.6. The fourth-order valence-electron chi connectivity index (χ4n) is 1.60. The SMILES string of the molecule is O=C(NCc1nnc(C2CC2)o1)Nc1cccnc1. The number of carbonyl (C=O) groups is 1. The van der Waals surface area contributed by atoms with Crippen LogP contribution < -0.4 is 10.6 Å². The zero-order valence-corrected chi connectivity index (χ0v) is 10.2.